The number of benzene rings is 2. The molecule has 0 fully saturated rings. The smallest absolute Gasteiger partial charge is 0.221 e. The first-order valence-electron chi connectivity index (χ1n) is 8.69. The molecule has 1 aliphatic rings. The average molecular weight is 358 g/mol. The molecule has 0 aromatic heterocycles. The molecule has 1 aliphatic heterocycles. The number of nitrogens with zero attached hydrogens (tertiary/aromatic N) is 1. The largest absolute Gasteiger partial charge is 0.486 e. The van der Waals surface area contributed by atoms with Crippen LogP contribution in [0.5, 0.6) is 11.5 Å². The van der Waals surface area contributed by atoms with E-state index in [9.17, 15) is 9.18 Å². The van der Waals surface area contributed by atoms with Crippen LogP contribution in [-0.2, 0) is 11.3 Å². The highest BCUT2D eigenvalue weighted by Crippen LogP contribution is 2.30. The summed E-state index contributed by atoms with van der Waals surface area (Å²) >= 11 is 0. The fourth-order valence-electron chi connectivity index (χ4n) is 2.81. The number of nitrogens with one attached hydrogen (secondary N) is 1. The van der Waals surface area contributed by atoms with E-state index >= 15 is 0 Å². The van der Waals surface area contributed by atoms with Crippen molar-refractivity contribution in [1.82, 2.24) is 10.2 Å². The molecule has 0 spiro atoms. The molecule has 0 aliphatic carbocycles. The van der Waals surface area contributed by atoms with E-state index in [0.717, 1.165) is 11.5 Å². The van der Waals surface area contributed by atoms with Crippen LogP contribution in [0.4, 0.5) is 4.39 Å². The van der Waals surface area contributed by atoms with Crippen LogP contribution in [-0.4, -0.2) is 43.7 Å². The number of carbonyl (C=O) groups is 1. The van der Waals surface area contributed by atoms with Crippen LogP contribution in [0.15, 0.2) is 48.5 Å². The summed E-state index contributed by atoms with van der Waals surface area (Å²) in [6.07, 6.45) is 0.270. The van der Waals surface area contributed by atoms with Crippen molar-refractivity contribution in [3.05, 3.63) is 59.9 Å². The van der Waals surface area contributed by atoms with Crippen LogP contribution in [0, 0.1) is 5.82 Å². The van der Waals surface area contributed by atoms with Gasteiger partial charge in [0.1, 0.15) is 18.5 Å². The van der Waals surface area contributed by atoms with Crippen molar-refractivity contribution >= 4 is 5.91 Å². The molecule has 2 aromatic carbocycles. The van der Waals surface area contributed by atoms with Gasteiger partial charge in [-0.15, -0.1) is 0 Å². The Kier molecular flexibility index (Phi) is 6.07. The topological polar surface area (TPSA) is 50.8 Å². The Hall–Kier alpha value is -2.60. The lowest BCUT2D eigenvalue weighted by molar-refractivity contribution is -0.121. The molecular weight excluding hydrogens is 335 g/mol. The van der Waals surface area contributed by atoms with E-state index < -0.39 is 0 Å². The minimum absolute atomic E-state index is 0.0728. The van der Waals surface area contributed by atoms with Crippen molar-refractivity contribution in [2.75, 3.05) is 26.7 Å². The summed E-state index contributed by atoms with van der Waals surface area (Å²) in [5, 5.41) is 2.75. The summed E-state index contributed by atoms with van der Waals surface area (Å²) in [5.74, 6) is 1.10. The molecule has 5 nitrogen and oxygen atoms in total. The van der Waals surface area contributed by atoms with E-state index in [1.165, 1.54) is 6.07 Å². The number of rotatable bonds is 7. The molecule has 1 atom stereocenters. The molecule has 0 bridgehead atoms. The fraction of sp³-hybridized carbons (Fsp3) is 0.350. The highest BCUT2D eigenvalue weighted by Gasteiger charge is 2.22. The van der Waals surface area contributed by atoms with E-state index in [-0.39, 0.29) is 24.4 Å². The van der Waals surface area contributed by atoms with Gasteiger partial charge in [0.05, 0.1) is 0 Å². The van der Waals surface area contributed by atoms with E-state index in [1.807, 2.05) is 36.2 Å². The zero-order chi connectivity index (χ0) is 18.4. The van der Waals surface area contributed by atoms with E-state index in [1.54, 1.807) is 18.2 Å². The molecule has 0 saturated carbocycles. The summed E-state index contributed by atoms with van der Waals surface area (Å²) in [5.41, 5.74) is 0.487. The molecule has 2 aromatic rings. The zero-order valence-corrected chi connectivity index (χ0v) is 14.8. The maximum Gasteiger partial charge on any atom is 0.221 e. The fourth-order valence-corrected chi connectivity index (χ4v) is 2.81. The molecular formula is C20H23FN2O3. The second-order valence-electron chi connectivity index (χ2n) is 6.38. The Morgan fingerprint density at radius 2 is 1.92 bits per heavy atom. The first-order chi connectivity index (χ1) is 12.6. The van der Waals surface area contributed by atoms with Crippen LogP contribution < -0.4 is 14.8 Å². The number of ether oxygens (including phenoxy) is 2. The lowest BCUT2D eigenvalue weighted by atomic mass is 10.2. The summed E-state index contributed by atoms with van der Waals surface area (Å²) in [7, 11) is 1.94. The molecule has 1 heterocycles. The standard InChI is InChI=1S/C20H23FN2O3/c1-23(13-16-14-25-18-8-4-5-9-19(18)26-16)11-10-20(24)22-12-15-6-2-3-7-17(15)21/h2-9,16H,10-14H2,1H3,(H,22,24). The van der Waals surface area contributed by atoms with Crippen molar-refractivity contribution in [1.29, 1.82) is 0 Å². The summed E-state index contributed by atoms with van der Waals surface area (Å²) < 4.78 is 25.1. The van der Waals surface area contributed by atoms with Crippen molar-refractivity contribution in [3.8, 4) is 11.5 Å². The molecule has 0 radical (unpaired) electrons. The average Bonchev–Trinajstić information content (AvgIpc) is 2.65. The van der Waals surface area contributed by atoms with Gasteiger partial charge in [0, 0.05) is 31.6 Å². The number of amides is 1. The van der Waals surface area contributed by atoms with E-state index in [4.69, 9.17) is 9.47 Å². The molecule has 1 amide bonds. The second-order valence-corrected chi connectivity index (χ2v) is 6.38. The number of halogens is 1. The molecule has 0 saturated heterocycles. The summed E-state index contributed by atoms with van der Waals surface area (Å²) in [6, 6.07) is 14.0. The van der Waals surface area contributed by atoms with Gasteiger partial charge in [-0.2, -0.15) is 0 Å². The molecule has 1 N–H and O–H groups in total. The van der Waals surface area contributed by atoms with Gasteiger partial charge in [-0.25, -0.2) is 4.39 Å². The third-order valence-corrected chi connectivity index (χ3v) is 4.24. The van der Waals surface area contributed by atoms with Crippen LogP contribution in [0.25, 0.3) is 0 Å². The third kappa shape index (κ3) is 4.95. The van der Waals surface area contributed by atoms with E-state index in [0.29, 0.717) is 31.7 Å². The maximum absolute atomic E-state index is 13.5. The normalized spacial score (nSPS) is 15.7. The predicted molar refractivity (Wildman–Crippen MR) is 96.7 cm³/mol. The van der Waals surface area contributed by atoms with Gasteiger partial charge in [-0.05, 0) is 25.2 Å². The highest BCUT2D eigenvalue weighted by atomic mass is 19.1. The van der Waals surface area contributed by atoms with Gasteiger partial charge in [0.2, 0.25) is 5.91 Å². The Balaban J connectivity index is 1.38. The third-order valence-electron chi connectivity index (χ3n) is 4.24. The minimum atomic E-state index is -0.306. The molecule has 3 rings (SSSR count). The summed E-state index contributed by atoms with van der Waals surface area (Å²) in [6.45, 7) is 1.94. The van der Waals surface area contributed by atoms with Crippen molar-refractivity contribution in [2.24, 2.45) is 0 Å². The second kappa shape index (κ2) is 8.67. The van der Waals surface area contributed by atoms with Crippen molar-refractivity contribution < 1.29 is 18.7 Å². The van der Waals surface area contributed by atoms with Crippen LogP contribution in [0.3, 0.4) is 0 Å². The number of fused-ring (bicyclic) bond motifs is 1. The summed E-state index contributed by atoms with van der Waals surface area (Å²) in [4.78, 5) is 14.0. The van der Waals surface area contributed by atoms with Crippen LogP contribution >= 0.6 is 0 Å². The number of carbonyl (C=O) groups excluding carboxylic acids is 1. The van der Waals surface area contributed by atoms with E-state index in [2.05, 4.69) is 5.32 Å². The first-order valence-corrected chi connectivity index (χ1v) is 8.69. The van der Waals surface area contributed by atoms with Crippen molar-refractivity contribution in [3.63, 3.8) is 0 Å². The zero-order valence-electron chi connectivity index (χ0n) is 14.8. The van der Waals surface area contributed by atoms with Gasteiger partial charge in [0.25, 0.3) is 0 Å². The lowest BCUT2D eigenvalue weighted by Crippen LogP contribution is -2.40. The SMILES string of the molecule is CN(CCC(=O)NCc1ccccc1F)CC1COc2ccccc2O1. The van der Waals surface area contributed by atoms with Gasteiger partial charge in [-0.3, -0.25) is 4.79 Å². The molecule has 138 valence electrons. The molecule has 6 heteroatoms. The lowest BCUT2D eigenvalue weighted by Gasteiger charge is -2.29. The van der Waals surface area contributed by atoms with Crippen LogP contribution in [0.1, 0.15) is 12.0 Å². The van der Waals surface area contributed by atoms with Gasteiger partial charge < -0.3 is 19.7 Å². The maximum atomic E-state index is 13.5. The van der Waals surface area contributed by atoms with Gasteiger partial charge in [-0.1, -0.05) is 30.3 Å². The number of hydrogen-bond acceptors (Lipinski definition) is 4. The minimum Gasteiger partial charge on any atom is -0.486 e. The first kappa shape index (κ1) is 18.2. The Morgan fingerprint density at radius 3 is 2.73 bits per heavy atom. The number of likely N-dealkylation sites (N-methyl/N-ethyl adjacent to an activating group) is 1. The van der Waals surface area contributed by atoms with Crippen LogP contribution in [0.2, 0.25) is 0 Å². The Bertz CT molecular complexity index is 753. The highest BCUT2D eigenvalue weighted by molar-refractivity contribution is 5.76. The Labute approximate surface area is 152 Å². The molecule has 1 unspecified atom stereocenters. The molecule has 26 heavy (non-hydrogen) atoms. The number of hydrogen-bond donors (Lipinski definition) is 1. The van der Waals surface area contributed by atoms with Gasteiger partial charge in [0.15, 0.2) is 11.5 Å². The Morgan fingerprint density at radius 1 is 1.19 bits per heavy atom. The predicted octanol–water partition coefficient (Wildman–Crippen LogP) is 2.60. The quantitative estimate of drug-likeness (QED) is 0.827. The number of para-hydroxylation sites is 2. The van der Waals surface area contributed by atoms with Crippen molar-refractivity contribution in [2.45, 2.75) is 19.1 Å². The monoisotopic (exact) mass is 358 g/mol. The van der Waals surface area contributed by atoms with Gasteiger partial charge >= 0.3 is 0 Å².